The number of halogens is 13. The lowest BCUT2D eigenvalue weighted by Crippen LogP contribution is -2.14. The Hall–Kier alpha value is -5.91. The number of carbonyl (C=O) groups excluding carboxylic acids is 4. The van der Waals surface area contributed by atoms with Crippen LogP contribution in [0, 0.1) is 0 Å². The van der Waals surface area contributed by atoms with Crippen LogP contribution < -0.4 is 16.0 Å². The highest BCUT2D eigenvalue weighted by Crippen LogP contribution is 2.36. The second-order valence-corrected chi connectivity index (χ2v) is 19.0. The lowest BCUT2D eigenvalue weighted by Gasteiger charge is -2.11. The number of rotatable bonds is 13. The van der Waals surface area contributed by atoms with Crippen LogP contribution in [0.2, 0.25) is 0 Å². The van der Waals surface area contributed by atoms with E-state index in [-0.39, 0.29) is 66.8 Å². The largest absolute Gasteiger partial charge is 0.507 e. The van der Waals surface area contributed by atoms with Crippen molar-refractivity contribution in [3.8, 4) is 17.2 Å². The zero-order valence-electron chi connectivity index (χ0n) is 37.6. The predicted octanol–water partition coefficient (Wildman–Crippen LogP) is 16.6. The molecule has 0 heterocycles. The zero-order valence-corrected chi connectivity index (χ0v) is 43.9. The molecule has 3 amide bonds. The second kappa shape index (κ2) is 26.3. The Morgan fingerprint density at radius 2 is 0.890 bits per heavy atom. The van der Waals surface area contributed by atoms with Crippen molar-refractivity contribution >= 4 is 104 Å². The van der Waals surface area contributed by atoms with Gasteiger partial charge in [0.15, 0.2) is 5.78 Å². The first kappa shape index (κ1) is 59.7. The number of phenols is 3. The minimum Gasteiger partial charge on any atom is -0.507 e. The van der Waals surface area contributed by atoms with Crippen LogP contribution in [0.1, 0.15) is 104 Å². The Bertz CT molecular complexity index is 2940. The van der Waals surface area contributed by atoms with Crippen molar-refractivity contribution in [2.45, 2.75) is 64.0 Å². The van der Waals surface area contributed by atoms with Gasteiger partial charge in [0, 0.05) is 38.0 Å². The molecule has 6 aromatic carbocycles. The van der Waals surface area contributed by atoms with Crippen LogP contribution >= 0.6 is 63.7 Å². The number of phenolic OH excluding ortho intramolecular Hbond substituents is 3. The Kier molecular flexibility index (Phi) is 21.5. The van der Waals surface area contributed by atoms with Gasteiger partial charge >= 0.3 is 18.5 Å². The van der Waals surface area contributed by atoms with Crippen molar-refractivity contribution in [2.24, 2.45) is 0 Å². The first-order chi connectivity index (χ1) is 34.1. The van der Waals surface area contributed by atoms with Crippen molar-refractivity contribution in [1.82, 2.24) is 0 Å². The standard InChI is InChI=1S/C22H24F3NO3.2C14H8Br2F3NO2/c1-2-3-4-5-6-10-19(27)15-11-12-20(28)18(13-15)21(29)26-17-9-7-8-16(14-17)22(23,24)25;15-8-5-10(12(21)11(16)6-8)13(22)20-9-3-1-7(2-4-9)14(17,18)19;15-8-5-10(12(21)11(16)6-8)13(22)20-9-3-1-2-7(4-9)14(17,18)19/h7-9,11-14,28H,2-6,10H2,1H3,(H,26,29);2*1-6,21H,(H,20,22). The summed E-state index contributed by atoms with van der Waals surface area (Å²) in [5, 5.41) is 36.7. The van der Waals surface area contributed by atoms with Gasteiger partial charge < -0.3 is 31.3 Å². The van der Waals surface area contributed by atoms with E-state index in [1.165, 1.54) is 60.7 Å². The summed E-state index contributed by atoms with van der Waals surface area (Å²) in [6.45, 7) is 2.10. The maximum absolute atomic E-state index is 12.8. The lowest BCUT2D eigenvalue weighted by molar-refractivity contribution is -0.138. The van der Waals surface area contributed by atoms with E-state index < -0.39 is 52.9 Å². The van der Waals surface area contributed by atoms with Crippen molar-refractivity contribution in [2.75, 3.05) is 16.0 Å². The summed E-state index contributed by atoms with van der Waals surface area (Å²) in [5.74, 6) is -3.21. The summed E-state index contributed by atoms with van der Waals surface area (Å²) < 4.78 is 115. The Morgan fingerprint density at radius 1 is 0.466 bits per heavy atom. The van der Waals surface area contributed by atoms with Gasteiger partial charge in [-0.05, 0) is 141 Å². The van der Waals surface area contributed by atoms with Gasteiger partial charge in [0.1, 0.15) is 17.2 Å². The van der Waals surface area contributed by atoms with Gasteiger partial charge in [-0.2, -0.15) is 39.5 Å². The number of nitrogens with one attached hydrogen (secondary N) is 3. The molecule has 0 saturated heterocycles. The molecule has 0 fully saturated rings. The second-order valence-electron chi connectivity index (χ2n) is 15.5. The summed E-state index contributed by atoms with van der Waals surface area (Å²) in [7, 11) is 0. The first-order valence-corrected chi connectivity index (χ1v) is 24.4. The number of unbranched alkanes of at least 4 members (excludes halogenated alkanes) is 4. The number of carbonyl (C=O) groups is 4. The fourth-order valence-electron chi connectivity index (χ4n) is 6.29. The van der Waals surface area contributed by atoms with E-state index in [4.69, 9.17) is 0 Å². The zero-order chi connectivity index (χ0) is 54.4. The summed E-state index contributed by atoms with van der Waals surface area (Å²) in [6.07, 6.45) is -8.16. The van der Waals surface area contributed by atoms with Crippen molar-refractivity contribution in [3.63, 3.8) is 0 Å². The third-order valence-corrected chi connectivity index (χ3v) is 12.1. The highest BCUT2D eigenvalue weighted by molar-refractivity contribution is 9.11. The molecule has 6 aromatic rings. The molecule has 6 rings (SSSR count). The Balaban J connectivity index is 0.000000241. The molecule has 0 aromatic heterocycles. The van der Waals surface area contributed by atoms with Crippen LogP contribution in [-0.2, 0) is 18.5 Å². The third-order valence-electron chi connectivity index (χ3n) is 9.98. The highest BCUT2D eigenvalue weighted by Gasteiger charge is 2.32. The lowest BCUT2D eigenvalue weighted by atomic mass is 10.0. The molecule has 0 bridgehead atoms. The van der Waals surface area contributed by atoms with E-state index in [1.54, 1.807) is 6.07 Å². The number of benzene rings is 6. The number of alkyl halides is 9. The number of anilines is 3. The summed E-state index contributed by atoms with van der Waals surface area (Å²) in [5.41, 5.74) is -2.43. The van der Waals surface area contributed by atoms with Crippen molar-refractivity contribution in [1.29, 1.82) is 0 Å². The number of aromatic hydroxyl groups is 3. The molecule has 0 aliphatic carbocycles. The van der Waals surface area contributed by atoms with E-state index in [9.17, 15) is 74.0 Å². The molecule has 0 aliphatic rings. The van der Waals surface area contributed by atoms with Gasteiger partial charge in [0.2, 0.25) is 0 Å². The topological polar surface area (TPSA) is 165 Å². The van der Waals surface area contributed by atoms with E-state index in [1.807, 2.05) is 0 Å². The average Bonchev–Trinajstić information content (AvgIpc) is 3.31. The number of hydrogen-bond donors (Lipinski definition) is 6. The molecular formula is C50H40Br4F9N3O7. The number of ketones is 1. The molecule has 0 spiro atoms. The first-order valence-electron chi connectivity index (χ1n) is 21.3. The summed E-state index contributed by atoms with van der Waals surface area (Å²) in [6, 6.07) is 22.3. The van der Waals surface area contributed by atoms with E-state index in [0.29, 0.717) is 19.8 Å². The van der Waals surface area contributed by atoms with Crippen molar-refractivity contribution < 1.29 is 74.0 Å². The molecule has 0 aliphatic heterocycles. The number of hydrogen-bond acceptors (Lipinski definition) is 7. The summed E-state index contributed by atoms with van der Waals surface area (Å²) >= 11 is 12.5. The molecule has 6 N–H and O–H groups in total. The monoisotopic (exact) mass is 1280 g/mol. The number of Topliss-reactive ketones (excluding diaryl/α,β-unsaturated/α-hetero) is 1. The molecule has 10 nitrogen and oxygen atoms in total. The third kappa shape index (κ3) is 18.2. The van der Waals surface area contributed by atoms with E-state index >= 15 is 0 Å². The minimum atomic E-state index is -4.54. The fourth-order valence-corrected chi connectivity index (χ4v) is 8.74. The SMILES string of the molecule is CCCCCCCC(=O)c1ccc(O)c(C(=O)Nc2cccc(C(F)(F)F)c2)c1.O=C(Nc1ccc(C(F)(F)F)cc1)c1cc(Br)cc(Br)c1O.O=C(Nc1cccc(C(F)(F)F)c1)c1cc(Br)cc(Br)c1O. The van der Waals surface area contributed by atoms with Crippen molar-refractivity contribution in [3.05, 3.63) is 172 Å². The number of amides is 3. The molecular weight excluding hydrogens is 1250 g/mol. The summed E-state index contributed by atoms with van der Waals surface area (Å²) in [4.78, 5) is 49.0. The van der Waals surface area contributed by atoms with Gasteiger partial charge in [-0.1, -0.05) is 76.6 Å². The normalized spacial score (nSPS) is 11.3. The molecule has 0 saturated carbocycles. The quantitative estimate of drug-likeness (QED) is 0.0381. The molecule has 0 radical (unpaired) electrons. The van der Waals surface area contributed by atoms with Crippen LogP contribution in [0.15, 0.2) is 133 Å². The van der Waals surface area contributed by atoms with Gasteiger partial charge in [-0.25, -0.2) is 0 Å². The molecule has 73 heavy (non-hydrogen) atoms. The van der Waals surface area contributed by atoms with Crippen LogP contribution in [0.5, 0.6) is 17.2 Å². The fraction of sp³-hybridized carbons (Fsp3) is 0.200. The van der Waals surface area contributed by atoms with Crippen LogP contribution in [0.3, 0.4) is 0 Å². The Labute approximate surface area is 444 Å². The molecule has 0 atom stereocenters. The van der Waals surface area contributed by atoms with Gasteiger partial charge in [0.05, 0.1) is 42.3 Å². The predicted molar refractivity (Wildman–Crippen MR) is 271 cm³/mol. The highest BCUT2D eigenvalue weighted by atomic mass is 79.9. The smallest absolute Gasteiger partial charge is 0.416 e. The molecule has 0 unspecified atom stereocenters. The van der Waals surface area contributed by atoms with E-state index in [0.717, 1.165) is 80.6 Å². The van der Waals surface area contributed by atoms with Gasteiger partial charge in [-0.3, -0.25) is 19.2 Å². The minimum absolute atomic E-state index is 0.0128. The molecule has 388 valence electrons. The van der Waals surface area contributed by atoms with Crippen LogP contribution in [0.25, 0.3) is 0 Å². The van der Waals surface area contributed by atoms with Crippen LogP contribution in [-0.4, -0.2) is 38.8 Å². The van der Waals surface area contributed by atoms with Gasteiger partial charge in [-0.15, -0.1) is 0 Å². The van der Waals surface area contributed by atoms with Gasteiger partial charge in [0.25, 0.3) is 17.7 Å². The maximum Gasteiger partial charge on any atom is 0.416 e. The van der Waals surface area contributed by atoms with Crippen LogP contribution in [0.4, 0.5) is 56.6 Å². The maximum atomic E-state index is 12.8. The average molecular weight is 1290 g/mol. The Morgan fingerprint density at radius 3 is 1.33 bits per heavy atom. The molecule has 23 heteroatoms. The van der Waals surface area contributed by atoms with E-state index in [2.05, 4.69) is 86.6 Å².